The van der Waals surface area contributed by atoms with Gasteiger partial charge in [0, 0.05) is 6.04 Å². The second kappa shape index (κ2) is 4.88. The molecule has 6 nitrogen and oxygen atoms in total. The van der Waals surface area contributed by atoms with Gasteiger partial charge in [-0.1, -0.05) is 13.8 Å². The lowest BCUT2D eigenvalue weighted by Gasteiger charge is -2.34. The first-order valence-corrected chi connectivity index (χ1v) is 6.19. The van der Waals surface area contributed by atoms with Gasteiger partial charge in [0.2, 0.25) is 5.95 Å². The minimum absolute atomic E-state index is 0.0784. The Balaban J connectivity index is 1.92. The van der Waals surface area contributed by atoms with Crippen molar-refractivity contribution < 1.29 is 4.92 Å². The van der Waals surface area contributed by atoms with Gasteiger partial charge in [0.1, 0.15) is 12.4 Å². The van der Waals surface area contributed by atoms with Crippen molar-refractivity contribution in [3.05, 3.63) is 22.5 Å². The van der Waals surface area contributed by atoms with Crippen molar-refractivity contribution in [2.75, 3.05) is 5.32 Å². The zero-order valence-electron chi connectivity index (χ0n) is 10.7. The second-order valence-electron chi connectivity index (χ2n) is 5.60. The molecule has 98 valence electrons. The Morgan fingerprint density at radius 3 is 2.39 bits per heavy atom. The van der Waals surface area contributed by atoms with Crippen molar-refractivity contribution in [2.24, 2.45) is 5.41 Å². The van der Waals surface area contributed by atoms with Crippen LogP contribution < -0.4 is 5.32 Å². The smallest absolute Gasteiger partial charge is 0.305 e. The van der Waals surface area contributed by atoms with Crippen LogP contribution in [0.3, 0.4) is 0 Å². The van der Waals surface area contributed by atoms with Crippen molar-refractivity contribution in [2.45, 2.75) is 45.6 Å². The predicted molar refractivity (Wildman–Crippen MR) is 68.3 cm³/mol. The van der Waals surface area contributed by atoms with E-state index in [9.17, 15) is 10.1 Å². The minimum atomic E-state index is -0.493. The number of nitro groups is 1. The van der Waals surface area contributed by atoms with Crippen molar-refractivity contribution in [3.63, 3.8) is 0 Å². The maximum atomic E-state index is 10.5. The Morgan fingerprint density at radius 2 is 1.89 bits per heavy atom. The fourth-order valence-corrected chi connectivity index (χ4v) is 2.22. The molecule has 1 saturated carbocycles. The molecule has 0 amide bonds. The number of nitrogens with zero attached hydrogens (tertiary/aromatic N) is 3. The van der Waals surface area contributed by atoms with Crippen LogP contribution in [0.2, 0.25) is 0 Å². The SMILES string of the molecule is CC1(C)CCC(Nc2ncc([N+](=O)[O-])cn2)CC1. The number of hydrogen-bond donors (Lipinski definition) is 1. The Kier molecular flexibility index (Phi) is 3.45. The maximum absolute atomic E-state index is 10.5. The molecule has 1 aromatic rings. The molecule has 0 spiro atoms. The molecule has 0 aromatic carbocycles. The van der Waals surface area contributed by atoms with Gasteiger partial charge in [-0.2, -0.15) is 0 Å². The molecular weight excluding hydrogens is 232 g/mol. The van der Waals surface area contributed by atoms with Crippen LogP contribution in [0.1, 0.15) is 39.5 Å². The van der Waals surface area contributed by atoms with Crippen LogP contribution in [-0.4, -0.2) is 20.9 Å². The molecule has 6 heteroatoms. The largest absolute Gasteiger partial charge is 0.351 e. The van der Waals surface area contributed by atoms with E-state index in [0.717, 1.165) is 12.8 Å². The quantitative estimate of drug-likeness (QED) is 0.659. The normalized spacial score (nSPS) is 19.4. The van der Waals surface area contributed by atoms with Gasteiger partial charge in [-0.15, -0.1) is 0 Å². The zero-order chi connectivity index (χ0) is 13.2. The lowest BCUT2D eigenvalue weighted by molar-refractivity contribution is -0.385. The average Bonchev–Trinajstić information content (AvgIpc) is 2.33. The Hall–Kier alpha value is -1.72. The molecule has 1 N–H and O–H groups in total. The Bertz CT molecular complexity index is 420. The van der Waals surface area contributed by atoms with E-state index in [1.807, 2.05) is 0 Å². The summed E-state index contributed by atoms with van der Waals surface area (Å²) in [5, 5.41) is 13.7. The fraction of sp³-hybridized carbons (Fsp3) is 0.667. The molecule has 0 saturated heterocycles. The van der Waals surface area contributed by atoms with E-state index >= 15 is 0 Å². The van der Waals surface area contributed by atoms with E-state index in [-0.39, 0.29) is 5.69 Å². The second-order valence-corrected chi connectivity index (χ2v) is 5.60. The van der Waals surface area contributed by atoms with Crippen molar-refractivity contribution in [1.82, 2.24) is 9.97 Å². The summed E-state index contributed by atoms with van der Waals surface area (Å²) in [5.74, 6) is 0.477. The van der Waals surface area contributed by atoms with Crippen molar-refractivity contribution >= 4 is 11.6 Å². The van der Waals surface area contributed by atoms with Gasteiger partial charge in [-0.25, -0.2) is 9.97 Å². The van der Waals surface area contributed by atoms with E-state index in [1.165, 1.54) is 25.2 Å². The van der Waals surface area contributed by atoms with Gasteiger partial charge >= 0.3 is 5.69 Å². The van der Waals surface area contributed by atoms with Gasteiger partial charge in [-0.3, -0.25) is 10.1 Å². The standard InChI is InChI=1S/C12H18N4O2/c1-12(2)5-3-9(4-6-12)15-11-13-7-10(8-14-11)16(17)18/h7-9H,3-6H2,1-2H3,(H,13,14,15). The molecule has 0 aliphatic heterocycles. The van der Waals surface area contributed by atoms with Gasteiger partial charge in [0.15, 0.2) is 0 Å². The third kappa shape index (κ3) is 3.15. The molecule has 2 rings (SSSR count). The van der Waals surface area contributed by atoms with E-state index in [1.54, 1.807) is 0 Å². The van der Waals surface area contributed by atoms with Gasteiger partial charge < -0.3 is 5.32 Å². The van der Waals surface area contributed by atoms with E-state index < -0.39 is 4.92 Å². The summed E-state index contributed by atoms with van der Waals surface area (Å²) in [6.07, 6.45) is 7.01. The molecule has 0 bridgehead atoms. The third-order valence-corrected chi connectivity index (χ3v) is 3.52. The highest BCUT2D eigenvalue weighted by molar-refractivity contribution is 5.31. The molecular formula is C12H18N4O2. The number of hydrogen-bond acceptors (Lipinski definition) is 5. The van der Waals surface area contributed by atoms with E-state index in [2.05, 4.69) is 29.1 Å². The number of rotatable bonds is 3. The zero-order valence-corrected chi connectivity index (χ0v) is 10.7. The minimum Gasteiger partial charge on any atom is -0.351 e. The topological polar surface area (TPSA) is 81.0 Å². The van der Waals surface area contributed by atoms with Crippen LogP contribution in [-0.2, 0) is 0 Å². The monoisotopic (exact) mass is 250 g/mol. The highest BCUT2D eigenvalue weighted by atomic mass is 16.6. The molecule has 1 aliphatic carbocycles. The molecule has 0 atom stereocenters. The average molecular weight is 250 g/mol. The number of anilines is 1. The summed E-state index contributed by atoms with van der Waals surface area (Å²) in [5.41, 5.74) is 0.347. The molecule has 18 heavy (non-hydrogen) atoms. The first kappa shape index (κ1) is 12.7. The first-order chi connectivity index (χ1) is 8.46. The first-order valence-electron chi connectivity index (χ1n) is 6.19. The van der Waals surface area contributed by atoms with Gasteiger partial charge in [0.25, 0.3) is 0 Å². The van der Waals surface area contributed by atoms with E-state index in [4.69, 9.17) is 0 Å². The van der Waals surface area contributed by atoms with Crippen LogP contribution in [0.15, 0.2) is 12.4 Å². The fourth-order valence-electron chi connectivity index (χ4n) is 2.22. The summed E-state index contributed by atoms with van der Waals surface area (Å²) < 4.78 is 0. The molecule has 1 fully saturated rings. The highest BCUT2D eigenvalue weighted by Crippen LogP contribution is 2.35. The maximum Gasteiger partial charge on any atom is 0.305 e. The summed E-state index contributed by atoms with van der Waals surface area (Å²) >= 11 is 0. The van der Waals surface area contributed by atoms with Crippen molar-refractivity contribution in [1.29, 1.82) is 0 Å². The van der Waals surface area contributed by atoms with Crippen molar-refractivity contribution in [3.8, 4) is 0 Å². The van der Waals surface area contributed by atoms with Gasteiger partial charge in [-0.05, 0) is 31.1 Å². The van der Waals surface area contributed by atoms with Crippen LogP contribution in [0.25, 0.3) is 0 Å². The lowest BCUT2D eigenvalue weighted by atomic mass is 9.76. The molecule has 1 heterocycles. The predicted octanol–water partition coefficient (Wildman–Crippen LogP) is 2.77. The number of aromatic nitrogens is 2. The Labute approximate surface area is 106 Å². The highest BCUT2D eigenvalue weighted by Gasteiger charge is 2.27. The lowest BCUT2D eigenvalue weighted by Crippen LogP contribution is -2.30. The summed E-state index contributed by atoms with van der Waals surface area (Å²) in [6.45, 7) is 4.57. The van der Waals surface area contributed by atoms with Gasteiger partial charge in [0.05, 0.1) is 4.92 Å². The molecule has 1 aromatic heterocycles. The van der Waals surface area contributed by atoms with Crippen LogP contribution in [0, 0.1) is 15.5 Å². The summed E-state index contributed by atoms with van der Waals surface area (Å²) in [7, 11) is 0. The summed E-state index contributed by atoms with van der Waals surface area (Å²) in [6, 6.07) is 0.375. The molecule has 1 aliphatic rings. The summed E-state index contributed by atoms with van der Waals surface area (Å²) in [4.78, 5) is 17.9. The number of nitrogens with one attached hydrogen (secondary N) is 1. The van der Waals surface area contributed by atoms with Crippen LogP contribution in [0.5, 0.6) is 0 Å². The van der Waals surface area contributed by atoms with E-state index in [0.29, 0.717) is 17.4 Å². The third-order valence-electron chi connectivity index (χ3n) is 3.52. The Morgan fingerprint density at radius 1 is 1.33 bits per heavy atom. The molecule has 0 unspecified atom stereocenters. The van der Waals surface area contributed by atoms with Crippen LogP contribution >= 0.6 is 0 Å². The van der Waals surface area contributed by atoms with Crippen LogP contribution in [0.4, 0.5) is 11.6 Å². The molecule has 0 radical (unpaired) electrons.